The van der Waals surface area contributed by atoms with Gasteiger partial charge in [-0.15, -0.1) is 0 Å². The SMILES string of the molecule is CCC(CO)NC(=O)C1C=C2c3cccc4c3c(c(Br)n4C)CC2N(C)C1. The van der Waals surface area contributed by atoms with Crippen molar-refractivity contribution < 1.29 is 9.90 Å². The van der Waals surface area contributed by atoms with Crippen molar-refractivity contribution in [3.8, 4) is 0 Å². The smallest absolute Gasteiger partial charge is 0.228 e. The van der Waals surface area contributed by atoms with Gasteiger partial charge in [0.15, 0.2) is 0 Å². The molecule has 1 amide bonds. The number of likely N-dealkylation sites (N-methyl/N-ethyl adjacent to an activating group) is 1. The van der Waals surface area contributed by atoms with Crippen molar-refractivity contribution >= 4 is 38.3 Å². The summed E-state index contributed by atoms with van der Waals surface area (Å²) >= 11 is 3.77. The molecule has 0 spiro atoms. The first kappa shape index (κ1) is 18.7. The lowest BCUT2D eigenvalue weighted by atomic mass is 9.79. The molecule has 2 heterocycles. The lowest BCUT2D eigenvalue weighted by molar-refractivity contribution is -0.125. The van der Waals surface area contributed by atoms with Gasteiger partial charge in [-0.25, -0.2) is 0 Å². The zero-order valence-corrected chi connectivity index (χ0v) is 17.6. The number of halogens is 1. The summed E-state index contributed by atoms with van der Waals surface area (Å²) in [6, 6.07) is 6.53. The molecule has 0 saturated heterocycles. The molecule has 3 unspecified atom stereocenters. The maximum Gasteiger partial charge on any atom is 0.228 e. The molecule has 3 atom stereocenters. The highest BCUT2D eigenvalue weighted by Crippen LogP contribution is 2.44. The molecule has 2 N–H and O–H groups in total. The van der Waals surface area contributed by atoms with Gasteiger partial charge in [-0.05, 0) is 58.6 Å². The zero-order valence-electron chi connectivity index (χ0n) is 16.0. The fourth-order valence-electron chi connectivity index (χ4n) is 4.50. The summed E-state index contributed by atoms with van der Waals surface area (Å²) in [7, 11) is 4.19. The van der Waals surface area contributed by atoms with Crippen LogP contribution >= 0.6 is 15.9 Å². The van der Waals surface area contributed by atoms with Gasteiger partial charge in [0.25, 0.3) is 0 Å². The zero-order chi connectivity index (χ0) is 19.3. The number of carbonyl (C=O) groups excluding carboxylic acids is 1. The number of hydrogen-bond donors (Lipinski definition) is 2. The number of aromatic nitrogens is 1. The Morgan fingerprint density at radius 2 is 2.19 bits per heavy atom. The minimum absolute atomic E-state index is 0.000846. The maximum atomic E-state index is 12.8. The first-order valence-electron chi connectivity index (χ1n) is 9.55. The van der Waals surface area contributed by atoms with Crippen molar-refractivity contribution in [1.82, 2.24) is 14.8 Å². The fourth-order valence-corrected chi connectivity index (χ4v) is 5.05. The van der Waals surface area contributed by atoms with Crippen LogP contribution in [-0.4, -0.2) is 52.8 Å². The predicted molar refractivity (Wildman–Crippen MR) is 112 cm³/mol. The van der Waals surface area contributed by atoms with Crippen LogP contribution in [-0.2, 0) is 18.3 Å². The number of aryl methyl sites for hydroxylation is 1. The number of nitrogens with zero attached hydrogens (tertiary/aromatic N) is 2. The van der Waals surface area contributed by atoms with E-state index in [0.717, 1.165) is 17.4 Å². The Morgan fingerprint density at radius 1 is 1.41 bits per heavy atom. The molecule has 1 aliphatic carbocycles. The van der Waals surface area contributed by atoms with Gasteiger partial charge in [-0.1, -0.05) is 25.1 Å². The van der Waals surface area contributed by atoms with Crippen LogP contribution in [0.3, 0.4) is 0 Å². The first-order valence-corrected chi connectivity index (χ1v) is 10.3. The van der Waals surface area contributed by atoms with Crippen LogP contribution in [0.15, 0.2) is 28.9 Å². The third kappa shape index (κ3) is 2.94. The van der Waals surface area contributed by atoms with E-state index in [4.69, 9.17) is 0 Å². The number of benzene rings is 1. The normalized spacial score (nSPS) is 23.1. The van der Waals surface area contributed by atoms with Crippen molar-refractivity contribution in [3.63, 3.8) is 0 Å². The van der Waals surface area contributed by atoms with Crippen LogP contribution in [0.25, 0.3) is 16.5 Å². The molecule has 1 aromatic carbocycles. The molecule has 0 saturated carbocycles. The molecular weight excluding hydrogens is 406 g/mol. The summed E-state index contributed by atoms with van der Waals surface area (Å²) in [6.07, 6.45) is 3.83. The summed E-state index contributed by atoms with van der Waals surface area (Å²) in [5, 5.41) is 13.7. The average Bonchev–Trinajstić information content (AvgIpc) is 2.92. The second-order valence-corrected chi connectivity index (χ2v) is 8.46. The third-order valence-electron chi connectivity index (χ3n) is 6.11. The molecule has 1 aromatic heterocycles. The van der Waals surface area contributed by atoms with Gasteiger partial charge in [0.2, 0.25) is 5.91 Å². The molecular formula is C21H26BrN3O2. The van der Waals surface area contributed by atoms with Gasteiger partial charge >= 0.3 is 0 Å². The van der Waals surface area contributed by atoms with Gasteiger partial charge in [0, 0.05) is 30.5 Å². The highest BCUT2D eigenvalue weighted by Gasteiger charge is 2.37. The van der Waals surface area contributed by atoms with Gasteiger partial charge < -0.3 is 15.0 Å². The van der Waals surface area contributed by atoms with Crippen molar-refractivity contribution in [1.29, 1.82) is 0 Å². The van der Waals surface area contributed by atoms with Crippen molar-refractivity contribution in [2.24, 2.45) is 13.0 Å². The minimum Gasteiger partial charge on any atom is -0.394 e. The van der Waals surface area contributed by atoms with E-state index < -0.39 is 0 Å². The van der Waals surface area contributed by atoms with Crippen molar-refractivity contribution in [2.75, 3.05) is 20.2 Å². The topological polar surface area (TPSA) is 57.5 Å². The molecule has 6 heteroatoms. The molecule has 0 radical (unpaired) electrons. The summed E-state index contributed by atoms with van der Waals surface area (Å²) < 4.78 is 3.34. The third-order valence-corrected chi connectivity index (χ3v) is 7.12. The Morgan fingerprint density at radius 3 is 2.89 bits per heavy atom. The van der Waals surface area contributed by atoms with Crippen molar-refractivity contribution in [2.45, 2.75) is 31.8 Å². The number of amides is 1. The maximum absolute atomic E-state index is 12.8. The van der Waals surface area contributed by atoms with Crippen LogP contribution in [0.2, 0.25) is 0 Å². The first-order chi connectivity index (χ1) is 13.0. The van der Waals surface area contributed by atoms with E-state index in [1.54, 1.807) is 0 Å². The highest BCUT2D eigenvalue weighted by atomic mass is 79.9. The number of nitrogens with one attached hydrogen (secondary N) is 1. The van der Waals surface area contributed by atoms with E-state index in [9.17, 15) is 9.90 Å². The number of aliphatic hydroxyl groups is 1. The second kappa shape index (κ2) is 7.08. The molecule has 5 nitrogen and oxygen atoms in total. The van der Waals surface area contributed by atoms with Gasteiger partial charge in [-0.3, -0.25) is 9.69 Å². The lowest BCUT2D eigenvalue weighted by Gasteiger charge is -2.39. The number of rotatable bonds is 4. The molecule has 4 rings (SSSR count). The molecule has 144 valence electrons. The van der Waals surface area contributed by atoms with Gasteiger partial charge in [-0.2, -0.15) is 0 Å². The van der Waals surface area contributed by atoms with E-state index in [-0.39, 0.29) is 30.5 Å². The van der Waals surface area contributed by atoms with E-state index >= 15 is 0 Å². The molecule has 2 aliphatic rings. The van der Waals surface area contributed by atoms with E-state index in [2.05, 4.69) is 69.1 Å². The van der Waals surface area contributed by atoms with Gasteiger partial charge in [0.05, 0.1) is 23.2 Å². The Bertz CT molecular complexity index is 929. The predicted octanol–water partition coefficient (Wildman–Crippen LogP) is 2.70. The number of hydrogen-bond acceptors (Lipinski definition) is 3. The van der Waals surface area contributed by atoms with E-state index in [0.29, 0.717) is 6.54 Å². The minimum atomic E-state index is -0.203. The Labute approximate surface area is 168 Å². The Hall–Kier alpha value is -1.63. The summed E-state index contributed by atoms with van der Waals surface area (Å²) in [6.45, 7) is 2.64. The molecule has 1 aliphatic heterocycles. The quantitative estimate of drug-likeness (QED) is 0.782. The standard InChI is InChI=1S/C21H26BrN3O2/c1-4-13(11-26)23-21(27)12-8-15-14-6-5-7-17-19(14)16(20(22)25(17)3)9-18(15)24(2)10-12/h5-8,12-13,18,26H,4,9-11H2,1-3H3,(H,23,27). The van der Waals surface area contributed by atoms with E-state index in [1.807, 2.05) is 6.92 Å². The largest absolute Gasteiger partial charge is 0.394 e. The summed E-state index contributed by atoms with van der Waals surface area (Å²) in [4.78, 5) is 15.1. The van der Waals surface area contributed by atoms with Gasteiger partial charge in [0.1, 0.15) is 0 Å². The molecule has 0 fully saturated rings. The fraction of sp³-hybridized carbons (Fsp3) is 0.476. The number of aliphatic hydroxyl groups excluding tert-OH is 1. The number of fused-ring (bicyclic) bond motifs is 2. The number of carbonyl (C=O) groups is 1. The average molecular weight is 432 g/mol. The van der Waals surface area contributed by atoms with Crippen LogP contribution in [0.5, 0.6) is 0 Å². The van der Waals surface area contributed by atoms with Crippen molar-refractivity contribution in [3.05, 3.63) is 40.0 Å². The second-order valence-electron chi connectivity index (χ2n) is 7.71. The summed E-state index contributed by atoms with van der Waals surface area (Å²) in [5.41, 5.74) is 5.05. The highest BCUT2D eigenvalue weighted by molar-refractivity contribution is 9.10. The Balaban J connectivity index is 1.77. The van der Waals surface area contributed by atoms with E-state index in [1.165, 1.54) is 27.6 Å². The van der Waals surface area contributed by atoms with Crippen LogP contribution in [0.4, 0.5) is 0 Å². The molecule has 27 heavy (non-hydrogen) atoms. The molecule has 2 aromatic rings. The molecule has 0 bridgehead atoms. The lowest BCUT2D eigenvalue weighted by Crippen LogP contribution is -2.48. The van der Waals surface area contributed by atoms with Crippen LogP contribution in [0, 0.1) is 5.92 Å². The summed E-state index contributed by atoms with van der Waals surface area (Å²) in [5.74, 6) is -0.202. The Kier molecular flexibility index (Phi) is 4.91. The van der Waals surface area contributed by atoms with Crippen LogP contribution in [0.1, 0.15) is 24.5 Å². The monoisotopic (exact) mass is 431 g/mol. The van der Waals surface area contributed by atoms with Crippen LogP contribution < -0.4 is 5.32 Å².